The molecule has 0 saturated carbocycles. The first-order valence-corrected chi connectivity index (χ1v) is 13.8. The second-order valence-corrected chi connectivity index (χ2v) is 11.1. The molecule has 1 saturated heterocycles. The van der Waals surface area contributed by atoms with Crippen molar-refractivity contribution in [2.24, 2.45) is 5.92 Å². The monoisotopic (exact) mass is 596 g/mol. The quantitative estimate of drug-likeness (QED) is 0.258. The fourth-order valence-corrected chi connectivity index (χ4v) is 4.78. The fourth-order valence-electron chi connectivity index (χ4n) is 4.78. The number of aliphatic hydroxyl groups is 1. The molecule has 1 aromatic heterocycles. The number of nitrogens with zero attached hydrogens (tertiary/aromatic N) is 2. The second kappa shape index (κ2) is 14.3. The van der Waals surface area contributed by atoms with E-state index in [1.54, 1.807) is 12.1 Å². The molecule has 43 heavy (non-hydrogen) atoms. The van der Waals surface area contributed by atoms with Gasteiger partial charge in [-0.15, -0.1) is 0 Å². The molecule has 1 fully saturated rings. The van der Waals surface area contributed by atoms with Gasteiger partial charge in [0.15, 0.2) is 5.60 Å². The number of hydrogen-bond acceptors (Lipinski definition) is 9. The van der Waals surface area contributed by atoms with E-state index in [0.29, 0.717) is 5.69 Å². The first-order chi connectivity index (χ1) is 20.2. The molecule has 1 aromatic carbocycles. The van der Waals surface area contributed by atoms with Crippen LogP contribution in [0, 0.1) is 5.92 Å². The smallest absolute Gasteiger partial charge is 0.508 e. The summed E-state index contributed by atoms with van der Waals surface area (Å²) in [5.74, 6) is -5.66. The molecular weight excluding hydrogens is 559 g/mol. The number of hydrogen-bond donors (Lipinski definition) is 4. The Hall–Kier alpha value is -4.30. The molecule has 0 bridgehead atoms. The molecule has 0 aliphatic carbocycles. The lowest BCUT2D eigenvalue weighted by Gasteiger charge is -2.40. The number of carbonyl (C=O) groups excluding carboxylic acids is 4. The summed E-state index contributed by atoms with van der Waals surface area (Å²) in [6.07, 6.45) is -2.60. The Morgan fingerprint density at radius 1 is 1.05 bits per heavy atom. The molecular formula is C29H37BN4O9. The molecule has 2 heterocycles. The molecule has 1 aliphatic rings. The Morgan fingerprint density at radius 2 is 1.72 bits per heavy atom. The number of carboxylic acids is 1. The van der Waals surface area contributed by atoms with Crippen LogP contribution in [-0.4, -0.2) is 94.7 Å². The summed E-state index contributed by atoms with van der Waals surface area (Å²) in [5.41, 5.74) is -0.713. The number of aromatic nitrogens is 1. The van der Waals surface area contributed by atoms with Gasteiger partial charge in [0.1, 0.15) is 11.7 Å². The fraction of sp³-hybridized carbons (Fsp3) is 0.448. The number of benzene rings is 1. The van der Waals surface area contributed by atoms with Crippen molar-refractivity contribution in [3.05, 3.63) is 54.2 Å². The third kappa shape index (κ3) is 8.61. The maximum atomic E-state index is 13.5. The largest absolute Gasteiger partial charge is 0.552 e. The van der Waals surface area contributed by atoms with E-state index in [4.69, 9.17) is 9.31 Å². The molecule has 0 radical (unpaired) electrons. The SMILES string of the molecule is CC(C)CC(NC(=O)C(NC(=O)c1cccc(-c2ccccc2)n1)C(C)O)B1OC(=O)C[C@@](CC(=O)O)(C(=O)N(C)C)O1. The van der Waals surface area contributed by atoms with Gasteiger partial charge in [0, 0.05) is 19.7 Å². The summed E-state index contributed by atoms with van der Waals surface area (Å²) in [7, 11) is 1.28. The lowest BCUT2D eigenvalue weighted by molar-refractivity contribution is -0.169. The predicted octanol–water partition coefficient (Wildman–Crippen LogP) is 1.05. The van der Waals surface area contributed by atoms with Crippen molar-refractivity contribution < 1.29 is 43.5 Å². The highest BCUT2D eigenvalue weighted by molar-refractivity contribution is 6.50. The van der Waals surface area contributed by atoms with Crippen molar-refractivity contribution in [3.8, 4) is 11.3 Å². The number of likely N-dealkylation sites (N-methyl/N-ethyl adjacent to an activating group) is 1. The highest BCUT2D eigenvalue weighted by atomic mass is 16.6. The average molecular weight is 596 g/mol. The van der Waals surface area contributed by atoms with Crippen molar-refractivity contribution in [1.29, 1.82) is 0 Å². The summed E-state index contributed by atoms with van der Waals surface area (Å²) in [6, 6.07) is 12.6. The van der Waals surface area contributed by atoms with E-state index in [2.05, 4.69) is 15.6 Å². The first kappa shape index (κ1) is 33.2. The molecule has 1 aliphatic heterocycles. The number of rotatable bonds is 12. The number of nitrogens with one attached hydrogen (secondary N) is 2. The number of aliphatic carboxylic acids is 1. The zero-order valence-electron chi connectivity index (χ0n) is 24.8. The van der Waals surface area contributed by atoms with Crippen LogP contribution in [0.25, 0.3) is 11.3 Å². The number of amides is 3. The van der Waals surface area contributed by atoms with E-state index in [1.165, 1.54) is 27.1 Å². The lowest BCUT2D eigenvalue weighted by atomic mass is 9.70. The number of carbonyl (C=O) groups is 5. The minimum absolute atomic E-state index is 0.0173. The van der Waals surface area contributed by atoms with Gasteiger partial charge in [-0.1, -0.05) is 50.2 Å². The van der Waals surface area contributed by atoms with Gasteiger partial charge in [-0.3, -0.25) is 24.0 Å². The molecule has 3 rings (SSSR count). The topological polar surface area (TPSA) is 184 Å². The minimum Gasteiger partial charge on any atom is -0.508 e. The summed E-state index contributed by atoms with van der Waals surface area (Å²) < 4.78 is 11.3. The van der Waals surface area contributed by atoms with Crippen LogP contribution in [0.5, 0.6) is 0 Å². The third-order valence-corrected chi connectivity index (χ3v) is 6.74. The van der Waals surface area contributed by atoms with E-state index < -0.39 is 73.3 Å². The molecule has 4 N–H and O–H groups in total. The Labute approximate surface area is 250 Å². The summed E-state index contributed by atoms with van der Waals surface area (Å²) in [5, 5.41) is 25.1. The van der Waals surface area contributed by atoms with Crippen LogP contribution >= 0.6 is 0 Å². The maximum absolute atomic E-state index is 13.5. The van der Waals surface area contributed by atoms with Crippen molar-refractivity contribution in [2.75, 3.05) is 14.1 Å². The zero-order valence-corrected chi connectivity index (χ0v) is 24.8. The molecule has 13 nitrogen and oxygen atoms in total. The third-order valence-electron chi connectivity index (χ3n) is 6.74. The van der Waals surface area contributed by atoms with Crippen molar-refractivity contribution in [1.82, 2.24) is 20.5 Å². The van der Waals surface area contributed by atoms with Crippen LogP contribution in [0.15, 0.2) is 48.5 Å². The zero-order chi connectivity index (χ0) is 31.9. The number of aliphatic hydroxyl groups excluding tert-OH is 1. The molecule has 3 unspecified atom stereocenters. The molecule has 2 aromatic rings. The normalized spacial score (nSPS) is 18.7. The Kier molecular flexibility index (Phi) is 11.0. The molecule has 14 heteroatoms. The van der Waals surface area contributed by atoms with Crippen LogP contribution in [0.4, 0.5) is 0 Å². The first-order valence-electron chi connectivity index (χ1n) is 13.8. The predicted molar refractivity (Wildman–Crippen MR) is 155 cm³/mol. The average Bonchev–Trinajstić information content (AvgIpc) is 2.94. The minimum atomic E-state index is -2.05. The van der Waals surface area contributed by atoms with E-state index in [0.717, 1.165) is 10.5 Å². The maximum Gasteiger partial charge on any atom is 0.552 e. The summed E-state index contributed by atoms with van der Waals surface area (Å²) >= 11 is 0. The molecule has 230 valence electrons. The Balaban J connectivity index is 1.84. The summed E-state index contributed by atoms with van der Waals surface area (Å²) in [4.78, 5) is 69.5. The molecule has 3 amide bonds. The van der Waals surface area contributed by atoms with Crippen LogP contribution in [0.3, 0.4) is 0 Å². The summed E-state index contributed by atoms with van der Waals surface area (Å²) in [6.45, 7) is 4.98. The molecule has 4 atom stereocenters. The highest BCUT2D eigenvalue weighted by Gasteiger charge is 2.55. The van der Waals surface area contributed by atoms with Crippen LogP contribution in [-0.2, 0) is 28.5 Å². The van der Waals surface area contributed by atoms with Gasteiger partial charge < -0.3 is 35.1 Å². The van der Waals surface area contributed by atoms with Crippen LogP contribution in [0.1, 0.15) is 50.5 Å². The second-order valence-electron chi connectivity index (χ2n) is 11.1. The highest BCUT2D eigenvalue weighted by Crippen LogP contribution is 2.31. The molecule has 0 spiro atoms. The van der Waals surface area contributed by atoms with Gasteiger partial charge in [0.2, 0.25) is 5.91 Å². The van der Waals surface area contributed by atoms with Gasteiger partial charge in [0.05, 0.1) is 30.6 Å². The van der Waals surface area contributed by atoms with E-state index >= 15 is 0 Å². The van der Waals surface area contributed by atoms with E-state index in [9.17, 15) is 34.2 Å². The number of carboxylic acid groups (broad SMARTS) is 1. The van der Waals surface area contributed by atoms with Gasteiger partial charge in [0.25, 0.3) is 17.8 Å². The number of pyridine rings is 1. The van der Waals surface area contributed by atoms with Gasteiger partial charge >= 0.3 is 13.1 Å². The van der Waals surface area contributed by atoms with E-state index in [-0.39, 0.29) is 18.0 Å². The Bertz CT molecular complexity index is 1330. The van der Waals surface area contributed by atoms with Gasteiger partial charge in [-0.05, 0) is 31.4 Å². The van der Waals surface area contributed by atoms with Crippen molar-refractivity contribution in [3.63, 3.8) is 0 Å². The lowest BCUT2D eigenvalue weighted by Crippen LogP contribution is -2.64. The van der Waals surface area contributed by atoms with Gasteiger partial charge in [-0.25, -0.2) is 4.98 Å². The van der Waals surface area contributed by atoms with Crippen LogP contribution in [0.2, 0.25) is 0 Å². The van der Waals surface area contributed by atoms with E-state index in [1.807, 2.05) is 44.2 Å². The standard InChI is InChI=1S/C29H37BN4O9/c1-17(2)14-22(30-42-24(38)16-29(43-30,15-23(36)37)28(41)34(4)5)32-27(40)25(18(3)35)33-26(39)21-13-9-12-20(31-21)19-10-7-6-8-11-19/h6-13,17-18,22,25,35H,14-16H2,1-5H3,(H,32,40)(H,33,39)(H,36,37)/t18?,22?,25?,29-/m0/s1. The van der Waals surface area contributed by atoms with Crippen molar-refractivity contribution >= 4 is 36.8 Å². The van der Waals surface area contributed by atoms with Crippen molar-refractivity contribution in [2.45, 2.75) is 63.7 Å². The van der Waals surface area contributed by atoms with Crippen LogP contribution < -0.4 is 10.6 Å². The van der Waals surface area contributed by atoms with Gasteiger partial charge in [-0.2, -0.15) is 0 Å². The Morgan fingerprint density at radius 3 is 2.30 bits per heavy atom.